The molecular weight excluding hydrogens is 502 g/mol. The number of hydrogen-bond acceptors (Lipinski definition) is 0. The standard InChI is InChI=1S/C27H52P2.C5H10.Fe/c1-21(29(26(2,3)4)27(5,6)7)24-19-14-20-25(24)28(22-15-10-8-11-16-22)23-17-12-9-13-18-23;1-2-4-5-3-1;/h21-25H,8-20H2,1-7H3;1-5H2;/t21?,24-,25?;;/m1../s1. The van der Waals surface area contributed by atoms with Crippen molar-refractivity contribution in [1.82, 2.24) is 0 Å². The van der Waals surface area contributed by atoms with Crippen LogP contribution in [-0.2, 0) is 17.1 Å². The van der Waals surface area contributed by atoms with Crippen LogP contribution in [0.15, 0.2) is 0 Å². The van der Waals surface area contributed by atoms with Gasteiger partial charge in [0.1, 0.15) is 0 Å². The minimum absolute atomic E-state index is 0. The molecule has 0 saturated heterocycles. The van der Waals surface area contributed by atoms with Crippen molar-refractivity contribution in [2.24, 2.45) is 5.92 Å². The van der Waals surface area contributed by atoms with Gasteiger partial charge in [-0.3, -0.25) is 0 Å². The molecule has 0 aromatic heterocycles. The fourth-order valence-corrected chi connectivity index (χ4v) is 19.1. The first kappa shape index (κ1) is 32.6. The molecule has 2 unspecified atom stereocenters. The molecule has 0 aliphatic heterocycles. The van der Waals surface area contributed by atoms with E-state index in [1.807, 2.05) is 0 Å². The molecule has 4 aliphatic rings. The van der Waals surface area contributed by atoms with Crippen molar-refractivity contribution in [3.8, 4) is 0 Å². The fraction of sp³-hybridized carbons (Fsp3) is 1.00. The van der Waals surface area contributed by atoms with E-state index < -0.39 is 0 Å². The Morgan fingerprint density at radius 1 is 0.514 bits per heavy atom. The van der Waals surface area contributed by atoms with E-state index in [-0.39, 0.29) is 32.9 Å². The Bertz CT molecular complexity index is 521. The zero-order chi connectivity index (χ0) is 24.8. The van der Waals surface area contributed by atoms with Gasteiger partial charge in [0.15, 0.2) is 0 Å². The molecule has 0 amide bonds. The molecule has 0 aromatic rings. The molecular formula is C32H62FeP2. The van der Waals surface area contributed by atoms with Gasteiger partial charge in [0.2, 0.25) is 0 Å². The van der Waals surface area contributed by atoms with Crippen molar-refractivity contribution < 1.29 is 17.1 Å². The van der Waals surface area contributed by atoms with E-state index in [1.54, 1.807) is 64.2 Å². The van der Waals surface area contributed by atoms with Gasteiger partial charge < -0.3 is 0 Å². The summed E-state index contributed by atoms with van der Waals surface area (Å²) < 4.78 is 0. The average molecular weight is 565 g/mol. The van der Waals surface area contributed by atoms with E-state index in [0.717, 1.165) is 28.6 Å². The largest absolute Gasteiger partial charge is 0.0968 e. The van der Waals surface area contributed by atoms with Crippen LogP contribution in [0.1, 0.15) is 164 Å². The molecule has 0 aromatic carbocycles. The average Bonchev–Trinajstić information content (AvgIpc) is 3.49. The van der Waals surface area contributed by atoms with Crippen molar-refractivity contribution >= 4 is 15.8 Å². The number of rotatable bonds is 5. The summed E-state index contributed by atoms with van der Waals surface area (Å²) >= 11 is 0. The molecule has 4 aliphatic carbocycles. The summed E-state index contributed by atoms with van der Waals surface area (Å²) in [6.45, 7) is 18.0. The quantitative estimate of drug-likeness (QED) is 0.230. The van der Waals surface area contributed by atoms with Crippen molar-refractivity contribution in [3.05, 3.63) is 0 Å². The van der Waals surface area contributed by atoms with Gasteiger partial charge in [-0.25, -0.2) is 0 Å². The summed E-state index contributed by atoms with van der Waals surface area (Å²) in [6, 6.07) is 0. The summed E-state index contributed by atoms with van der Waals surface area (Å²) in [7, 11) is 0.253. The van der Waals surface area contributed by atoms with Gasteiger partial charge in [-0.15, -0.1) is 0 Å². The Kier molecular flexibility index (Phi) is 14.2. The summed E-state index contributed by atoms with van der Waals surface area (Å²) in [4.78, 5) is 0. The minimum Gasteiger partial charge on any atom is -0.0968 e. The normalized spacial score (nSPS) is 28.0. The van der Waals surface area contributed by atoms with Gasteiger partial charge in [0.25, 0.3) is 0 Å². The molecule has 35 heavy (non-hydrogen) atoms. The monoisotopic (exact) mass is 564 g/mol. The molecule has 0 spiro atoms. The predicted molar refractivity (Wildman–Crippen MR) is 161 cm³/mol. The maximum Gasteiger partial charge on any atom is 0 e. The molecule has 208 valence electrons. The molecule has 3 heteroatoms. The summed E-state index contributed by atoms with van der Waals surface area (Å²) in [5, 5.41) is 0.942. The first-order valence-electron chi connectivity index (χ1n) is 15.7. The van der Waals surface area contributed by atoms with Crippen LogP contribution in [0.5, 0.6) is 0 Å². The van der Waals surface area contributed by atoms with Crippen molar-refractivity contribution in [2.45, 2.75) is 197 Å². The molecule has 4 fully saturated rings. The SMILES string of the molecule is C1CCCC1.CC([C@H]1CCCC1P(C1CCCCC1)C1CCCCC1)P(C(C)(C)C)C(C)(C)C.[Fe]. The molecule has 4 saturated carbocycles. The summed E-state index contributed by atoms with van der Waals surface area (Å²) in [5.74, 6) is 1.04. The van der Waals surface area contributed by atoms with Crippen LogP contribution in [0.2, 0.25) is 0 Å². The van der Waals surface area contributed by atoms with Crippen molar-refractivity contribution in [3.63, 3.8) is 0 Å². The van der Waals surface area contributed by atoms with E-state index in [1.165, 1.54) is 51.4 Å². The van der Waals surface area contributed by atoms with Crippen LogP contribution in [0, 0.1) is 5.92 Å². The van der Waals surface area contributed by atoms with Crippen LogP contribution in [0.25, 0.3) is 0 Å². The molecule has 0 nitrogen and oxygen atoms in total. The Morgan fingerprint density at radius 2 is 0.886 bits per heavy atom. The van der Waals surface area contributed by atoms with Gasteiger partial charge in [0, 0.05) is 17.1 Å². The zero-order valence-corrected chi connectivity index (χ0v) is 27.8. The maximum absolute atomic E-state index is 2.71. The third-order valence-corrected chi connectivity index (χ3v) is 17.8. The van der Waals surface area contributed by atoms with Gasteiger partial charge in [-0.05, 0) is 77.4 Å². The number of hydrogen-bond donors (Lipinski definition) is 0. The van der Waals surface area contributed by atoms with Gasteiger partial charge >= 0.3 is 0 Å². The molecule has 4 rings (SSSR count). The summed E-state index contributed by atoms with van der Waals surface area (Å²) in [5.41, 5.74) is 4.32. The van der Waals surface area contributed by atoms with Crippen LogP contribution < -0.4 is 0 Å². The zero-order valence-electron chi connectivity index (χ0n) is 24.9. The van der Waals surface area contributed by atoms with Gasteiger partial charge in [-0.2, -0.15) is 0 Å². The van der Waals surface area contributed by atoms with Gasteiger partial charge in [-0.1, -0.05) is 141 Å². The van der Waals surface area contributed by atoms with E-state index in [0.29, 0.717) is 10.3 Å². The first-order chi connectivity index (χ1) is 16.1. The van der Waals surface area contributed by atoms with Crippen molar-refractivity contribution in [2.75, 3.05) is 0 Å². The smallest absolute Gasteiger partial charge is 0 e. The Morgan fingerprint density at radius 3 is 1.26 bits per heavy atom. The second kappa shape index (κ2) is 15.2. The van der Waals surface area contributed by atoms with Crippen LogP contribution >= 0.6 is 15.8 Å². The second-order valence-corrected chi connectivity index (χ2v) is 21.7. The molecule has 0 radical (unpaired) electrons. The van der Waals surface area contributed by atoms with Crippen LogP contribution in [0.3, 0.4) is 0 Å². The Balaban J connectivity index is 0.000000640. The molecule has 0 bridgehead atoms. The van der Waals surface area contributed by atoms with E-state index in [9.17, 15) is 0 Å². The Labute approximate surface area is 235 Å². The van der Waals surface area contributed by atoms with Crippen LogP contribution in [0.4, 0.5) is 0 Å². The van der Waals surface area contributed by atoms with E-state index >= 15 is 0 Å². The third-order valence-electron chi connectivity index (χ3n) is 9.63. The fourth-order valence-electron chi connectivity index (χ4n) is 8.80. The van der Waals surface area contributed by atoms with E-state index in [4.69, 9.17) is 0 Å². The summed E-state index contributed by atoms with van der Waals surface area (Å²) in [6.07, 6.45) is 27.7. The second-order valence-electron chi connectivity index (χ2n) is 14.4. The molecule has 0 heterocycles. The topological polar surface area (TPSA) is 0 Å². The maximum atomic E-state index is 2.71. The molecule has 3 atom stereocenters. The predicted octanol–water partition coefficient (Wildman–Crippen LogP) is 11.7. The van der Waals surface area contributed by atoms with Crippen molar-refractivity contribution in [1.29, 1.82) is 0 Å². The first-order valence-corrected chi connectivity index (χ1v) is 18.6. The molecule has 0 N–H and O–H groups in total. The van der Waals surface area contributed by atoms with E-state index in [2.05, 4.69) is 48.5 Å². The Hall–Kier alpha value is 1.38. The van der Waals surface area contributed by atoms with Gasteiger partial charge in [0.05, 0.1) is 0 Å². The van der Waals surface area contributed by atoms with Crippen LogP contribution in [-0.4, -0.2) is 32.9 Å². The minimum atomic E-state index is 0. The third kappa shape index (κ3) is 9.51.